The number of hydrogen-bond acceptors (Lipinski definition) is 7. The highest BCUT2D eigenvalue weighted by Gasteiger charge is 2.21. The molecule has 0 amide bonds. The van der Waals surface area contributed by atoms with E-state index in [2.05, 4.69) is 10.2 Å². The molecule has 0 aliphatic rings. The highest BCUT2D eigenvalue weighted by molar-refractivity contribution is 7.13. The normalized spacial score (nSPS) is 12.0. The van der Waals surface area contributed by atoms with Gasteiger partial charge in [-0.1, -0.05) is 18.2 Å². The molecular formula is C14H11N3O4S. The Kier molecular flexibility index (Phi) is 3.84. The maximum atomic E-state index is 11.0. The molecule has 1 aromatic carbocycles. The van der Waals surface area contributed by atoms with Crippen molar-refractivity contribution in [2.45, 2.75) is 13.0 Å². The second kappa shape index (κ2) is 5.94. The van der Waals surface area contributed by atoms with Gasteiger partial charge in [-0.2, -0.15) is 0 Å². The highest BCUT2D eigenvalue weighted by atomic mass is 32.1. The van der Waals surface area contributed by atoms with Crippen LogP contribution in [0.2, 0.25) is 0 Å². The minimum Gasteiger partial charge on any atom is -0.474 e. The van der Waals surface area contributed by atoms with Crippen molar-refractivity contribution in [2.24, 2.45) is 0 Å². The molecule has 0 N–H and O–H groups in total. The van der Waals surface area contributed by atoms with Gasteiger partial charge in [0.1, 0.15) is 0 Å². The van der Waals surface area contributed by atoms with Gasteiger partial charge in [-0.3, -0.25) is 10.1 Å². The second-order valence-corrected chi connectivity index (χ2v) is 5.36. The molecule has 3 rings (SSSR count). The quantitative estimate of drug-likeness (QED) is 0.524. The lowest BCUT2D eigenvalue weighted by molar-refractivity contribution is -0.386. The standard InChI is InChI=1S/C14H11N3O4S/c1-9(20-11-6-3-2-5-10(11)17(18)19)13-15-16-14(21-13)12-7-4-8-22-12/h2-9H,1H3/t9-/m1/s1. The number of aromatic nitrogens is 2. The number of thiophene rings is 1. The fraction of sp³-hybridized carbons (Fsp3) is 0.143. The Morgan fingerprint density at radius 2 is 2.09 bits per heavy atom. The zero-order valence-corrected chi connectivity index (χ0v) is 12.3. The molecule has 22 heavy (non-hydrogen) atoms. The molecule has 0 bridgehead atoms. The molecule has 3 aromatic rings. The first-order valence-corrected chi connectivity index (χ1v) is 7.30. The number of nitro benzene ring substituents is 1. The average Bonchev–Trinajstić information content (AvgIpc) is 3.18. The number of rotatable bonds is 5. The van der Waals surface area contributed by atoms with Gasteiger partial charge in [-0.05, 0) is 24.4 Å². The van der Waals surface area contributed by atoms with Crippen LogP contribution >= 0.6 is 11.3 Å². The van der Waals surface area contributed by atoms with Crippen molar-refractivity contribution >= 4 is 17.0 Å². The van der Waals surface area contributed by atoms with Crippen LogP contribution in [0.1, 0.15) is 18.9 Å². The van der Waals surface area contributed by atoms with Gasteiger partial charge in [0.05, 0.1) is 9.80 Å². The van der Waals surface area contributed by atoms with Gasteiger partial charge in [0.15, 0.2) is 11.9 Å². The van der Waals surface area contributed by atoms with Crippen molar-refractivity contribution in [3.8, 4) is 16.5 Å². The summed E-state index contributed by atoms with van der Waals surface area (Å²) in [5.74, 6) is 0.834. The molecule has 0 unspecified atom stereocenters. The summed E-state index contributed by atoms with van der Waals surface area (Å²) in [6.07, 6.45) is -0.595. The van der Waals surface area contributed by atoms with E-state index < -0.39 is 11.0 Å². The SMILES string of the molecule is C[C@@H](Oc1ccccc1[N+](=O)[O-])c1nnc(-c2cccs2)o1. The largest absolute Gasteiger partial charge is 0.474 e. The predicted octanol–water partition coefficient (Wildman–Crippen LogP) is 3.85. The minimum atomic E-state index is -0.595. The summed E-state index contributed by atoms with van der Waals surface area (Å²) < 4.78 is 11.1. The summed E-state index contributed by atoms with van der Waals surface area (Å²) in [7, 11) is 0. The van der Waals surface area contributed by atoms with Crippen LogP contribution in [0.15, 0.2) is 46.2 Å². The Morgan fingerprint density at radius 1 is 1.27 bits per heavy atom. The first kappa shape index (κ1) is 14.2. The lowest BCUT2D eigenvalue weighted by Crippen LogP contribution is -2.05. The molecule has 0 radical (unpaired) electrons. The van der Waals surface area contributed by atoms with E-state index in [1.165, 1.54) is 23.5 Å². The zero-order valence-electron chi connectivity index (χ0n) is 11.5. The zero-order chi connectivity index (χ0) is 15.5. The lowest BCUT2D eigenvalue weighted by atomic mass is 10.3. The molecule has 1 atom stereocenters. The summed E-state index contributed by atoms with van der Waals surface area (Å²) in [4.78, 5) is 11.3. The van der Waals surface area contributed by atoms with E-state index >= 15 is 0 Å². The van der Waals surface area contributed by atoms with Crippen LogP contribution < -0.4 is 4.74 Å². The van der Waals surface area contributed by atoms with E-state index in [0.29, 0.717) is 5.89 Å². The van der Waals surface area contributed by atoms with E-state index in [1.807, 2.05) is 17.5 Å². The maximum Gasteiger partial charge on any atom is 0.310 e. The van der Waals surface area contributed by atoms with Gasteiger partial charge in [-0.15, -0.1) is 21.5 Å². The second-order valence-electron chi connectivity index (χ2n) is 4.41. The maximum absolute atomic E-state index is 11.0. The highest BCUT2D eigenvalue weighted by Crippen LogP contribution is 2.31. The molecule has 2 aromatic heterocycles. The third-order valence-corrected chi connectivity index (χ3v) is 3.74. The molecular weight excluding hydrogens is 306 g/mol. The third-order valence-electron chi connectivity index (χ3n) is 2.89. The fourth-order valence-corrected chi connectivity index (χ4v) is 2.49. The van der Waals surface area contributed by atoms with E-state index in [0.717, 1.165) is 4.88 Å². The fourth-order valence-electron chi connectivity index (χ4n) is 1.85. The van der Waals surface area contributed by atoms with Crippen LogP contribution in [0.3, 0.4) is 0 Å². The summed E-state index contributed by atoms with van der Waals surface area (Å²) in [5.41, 5.74) is -0.104. The van der Waals surface area contributed by atoms with E-state index in [1.54, 1.807) is 19.1 Å². The third kappa shape index (κ3) is 2.82. The summed E-state index contributed by atoms with van der Waals surface area (Å²) in [6.45, 7) is 1.70. The number of nitro groups is 1. The Hall–Kier alpha value is -2.74. The van der Waals surface area contributed by atoms with E-state index in [9.17, 15) is 10.1 Å². The first-order valence-electron chi connectivity index (χ1n) is 6.42. The molecule has 8 heteroatoms. The number of hydrogen-bond donors (Lipinski definition) is 0. The topological polar surface area (TPSA) is 91.3 Å². The molecule has 0 spiro atoms. The van der Waals surface area contributed by atoms with Crippen LogP contribution in [-0.2, 0) is 0 Å². The molecule has 0 saturated heterocycles. The van der Waals surface area contributed by atoms with Gasteiger partial charge in [0, 0.05) is 6.07 Å². The van der Waals surface area contributed by atoms with Gasteiger partial charge < -0.3 is 9.15 Å². The van der Waals surface area contributed by atoms with E-state index in [4.69, 9.17) is 9.15 Å². The van der Waals surface area contributed by atoms with E-state index in [-0.39, 0.29) is 17.3 Å². The number of nitrogens with zero attached hydrogens (tertiary/aromatic N) is 3. The monoisotopic (exact) mass is 317 g/mol. The summed E-state index contributed by atoms with van der Waals surface area (Å²) in [5, 5.41) is 20.8. The molecule has 112 valence electrons. The van der Waals surface area contributed by atoms with Crippen molar-refractivity contribution in [2.75, 3.05) is 0 Å². The van der Waals surface area contributed by atoms with Crippen LogP contribution in [0.5, 0.6) is 5.75 Å². The van der Waals surface area contributed by atoms with Crippen LogP contribution in [0.4, 0.5) is 5.69 Å². The van der Waals surface area contributed by atoms with Crippen molar-refractivity contribution in [1.29, 1.82) is 0 Å². The number of ether oxygens (including phenoxy) is 1. The van der Waals surface area contributed by atoms with Crippen molar-refractivity contribution in [3.63, 3.8) is 0 Å². The molecule has 0 aliphatic heterocycles. The Balaban J connectivity index is 1.81. The van der Waals surface area contributed by atoms with Crippen molar-refractivity contribution in [3.05, 3.63) is 57.8 Å². The Labute approximate surface area is 129 Å². The molecule has 2 heterocycles. The van der Waals surface area contributed by atoms with Gasteiger partial charge in [0.25, 0.3) is 11.8 Å². The predicted molar refractivity (Wildman–Crippen MR) is 79.8 cm³/mol. The average molecular weight is 317 g/mol. The molecule has 0 saturated carbocycles. The van der Waals surface area contributed by atoms with Crippen molar-refractivity contribution in [1.82, 2.24) is 10.2 Å². The number of benzene rings is 1. The minimum absolute atomic E-state index is 0.104. The van der Waals surface area contributed by atoms with Crippen LogP contribution in [0.25, 0.3) is 10.8 Å². The lowest BCUT2D eigenvalue weighted by Gasteiger charge is -2.10. The van der Waals surface area contributed by atoms with Crippen LogP contribution in [0, 0.1) is 10.1 Å². The molecule has 0 aliphatic carbocycles. The summed E-state index contributed by atoms with van der Waals surface area (Å²) in [6, 6.07) is 9.92. The Bertz CT molecular complexity index is 785. The number of para-hydroxylation sites is 2. The first-order chi connectivity index (χ1) is 10.6. The summed E-state index contributed by atoms with van der Waals surface area (Å²) >= 11 is 1.49. The smallest absolute Gasteiger partial charge is 0.310 e. The van der Waals surface area contributed by atoms with Crippen LogP contribution in [-0.4, -0.2) is 15.1 Å². The molecule has 7 nitrogen and oxygen atoms in total. The van der Waals surface area contributed by atoms with Gasteiger partial charge in [-0.25, -0.2) is 0 Å². The molecule has 0 fully saturated rings. The Morgan fingerprint density at radius 3 is 2.82 bits per heavy atom. The van der Waals surface area contributed by atoms with Crippen molar-refractivity contribution < 1.29 is 14.1 Å². The van der Waals surface area contributed by atoms with Gasteiger partial charge in [0.2, 0.25) is 0 Å². The van der Waals surface area contributed by atoms with Gasteiger partial charge >= 0.3 is 5.69 Å².